The lowest BCUT2D eigenvalue weighted by Crippen LogP contribution is -2.40. The van der Waals surface area contributed by atoms with Crippen LogP contribution in [0.15, 0.2) is 21.9 Å². The number of nitrogens with zero attached hydrogens (tertiary/aromatic N) is 1. The first-order chi connectivity index (χ1) is 19.4. The number of halogens is 1. The number of alkyl halides is 1. The van der Waals surface area contributed by atoms with Gasteiger partial charge in [0.25, 0.3) is 5.56 Å². The Morgan fingerprint density at radius 1 is 1.05 bits per heavy atom. The van der Waals surface area contributed by atoms with Gasteiger partial charge in [-0.2, -0.15) is 0 Å². The number of phosphoric ester groups is 1. The summed E-state index contributed by atoms with van der Waals surface area (Å²) >= 11 is 0. The molecule has 2 N–H and O–H groups in total. The number of carbonyl (C=O) groups excluding carboxylic acids is 2. The van der Waals surface area contributed by atoms with E-state index in [-0.39, 0.29) is 26.4 Å². The van der Waals surface area contributed by atoms with Crippen molar-refractivity contribution < 1.29 is 70.4 Å². The topological polar surface area (TPSA) is 219 Å². The van der Waals surface area contributed by atoms with Crippen molar-refractivity contribution in [1.82, 2.24) is 9.55 Å². The molecule has 41 heavy (non-hydrogen) atoms. The fraction of sp³-hybridized carbons (Fsp3) is 0.714. The van der Waals surface area contributed by atoms with Crippen molar-refractivity contribution in [3.63, 3.8) is 0 Å². The van der Waals surface area contributed by atoms with Gasteiger partial charge in [0.05, 0.1) is 19.8 Å². The zero-order chi connectivity index (χ0) is 30.5. The van der Waals surface area contributed by atoms with Gasteiger partial charge < -0.3 is 38.3 Å². The van der Waals surface area contributed by atoms with E-state index in [9.17, 15) is 33.2 Å². The van der Waals surface area contributed by atoms with Crippen LogP contribution in [0.1, 0.15) is 19.6 Å². The summed E-state index contributed by atoms with van der Waals surface area (Å²) in [6.45, 7) is -3.24. The van der Waals surface area contributed by atoms with Crippen LogP contribution >= 0.6 is 7.82 Å². The number of rotatable bonds is 17. The Kier molecular flexibility index (Phi) is 13.3. The van der Waals surface area contributed by atoms with Gasteiger partial charge in [0.1, 0.15) is 31.1 Å². The third-order valence-corrected chi connectivity index (χ3v) is 6.49. The van der Waals surface area contributed by atoms with Crippen LogP contribution in [0, 0.1) is 0 Å². The quantitative estimate of drug-likeness (QED) is 0.106. The van der Waals surface area contributed by atoms with E-state index in [1.807, 2.05) is 4.98 Å². The van der Waals surface area contributed by atoms with Crippen molar-refractivity contribution >= 4 is 20.1 Å². The highest BCUT2D eigenvalue weighted by Crippen LogP contribution is 2.52. The fourth-order valence-corrected chi connectivity index (χ4v) is 4.38. The minimum absolute atomic E-state index is 0.0692. The molecule has 1 aromatic rings. The summed E-state index contributed by atoms with van der Waals surface area (Å²) in [5.41, 5.74) is -5.55. The zero-order valence-electron chi connectivity index (χ0n) is 22.4. The fourth-order valence-electron chi connectivity index (χ4n) is 3.40. The lowest BCUT2D eigenvalue weighted by Gasteiger charge is -2.27. The first-order valence-corrected chi connectivity index (χ1v) is 13.2. The van der Waals surface area contributed by atoms with Gasteiger partial charge in [0.15, 0.2) is 6.23 Å². The highest BCUT2D eigenvalue weighted by atomic mass is 31.2. The minimum atomic E-state index is -4.81. The van der Waals surface area contributed by atoms with Gasteiger partial charge in [0, 0.05) is 32.9 Å². The molecule has 0 amide bonds. The molecule has 0 spiro atoms. The molecule has 0 aromatic carbocycles. The van der Waals surface area contributed by atoms with Crippen molar-refractivity contribution in [2.75, 3.05) is 67.5 Å². The second-order valence-corrected chi connectivity index (χ2v) is 10.2. The Labute approximate surface area is 232 Å². The monoisotopic (exact) mass is 618 g/mol. The molecular formula is C21H32FN2O16P. The number of aromatic amines is 1. The molecule has 1 aliphatic rings. The SMILES string of the molecule is COCCOC(=O)OCOP(=O)(OCOC(=O)OCCOC)OCC1(CF)CC(C)(O)C(n2ccc(=O)[nH]c2=O)O1. The third kappa shape index (κ3) is 10.8. The van der Waals surface area contributed by atoms with Crippen molar-refractivity contribution in [2.24, 2.45) is 0 Å². The van der Waals surface area contributed by atoms with Crippen LogP contribution in [-0.4, -0.2) is 106 Å². The molecule has 1 aliphatic heterocycles. The van der Waals surface area contributed by atoms with Gasteiger partial charge in [-0.05, 0) is 6.92 Å². The Morgan fingerprint density at radius 2 is 1.61 bits per heavy atom. The average Bonchev–Trinajstić information content (AvgIpc) is 3.18. The summed E-state index contributed by atoms with van der Waals surface area (Å²) < 4.78 is 76.9. The molecule has 3 atom stereocenters. The van der Waals surface area contributed by atoms with Crippen LogP contribution in [0.4, 0.5) is 14.0 Å². The van der Waals surface area contributed by atoms with Gasteiger partial charge in [-0.3, -0.25) is 18.9 Å². The maximum atomic E-state index is 14.3. The van der Waals surface area contributed by atoms with Crippen LogP contribution in [0.5, 0.6) is 0 Å². The number of hydrogen-bond donors (Lipinski definition) is 2. The predicted octanol–water partition coefficient (Wildman–Crippen LogP) is 0.587. The molecule has 0 bridgehead atoms. The van der Waals surface area contributed by atoms with E-state index >= 15 is 0 Å². The Bertz CT molecular complexity index is 1130. The van der Waals surface area contributed by atoms with E-state index < -0.39 is 82.1 Å². The molecule has 3 unspecified atom stereocenters. The maximum Gasteiger partial charge on any atom is 0.510 e. The number of hydrogen-bond acceptors (Lipinski definition) is 16. The van der Waals surface area contributed by atoms with E-state index in [0.717, 1.165) is 16.8 Å². The number of methoxy groups -OCH3 is 2. The lowest BCUT2D eigenvalue weighted by molar-refractivity contribution is -0.134. The minimum Gasteiger partial charge on any atom is -0.432 e. The van der Waals surface area contributed by atoms with E-state index in [4.69, 9.17) is 27.8 Å². The van der Waals surface area contributed by atoms with Gasteiger partial charge in [-0.25, -0.2) is 32.4 Å². The van der Waals surface area contributed by atoms with Crippen LogP contribution in [0.3, 0.4) is 0 Å². The molecule has 0 aliphatic carbocycles. The Morgan fingerprint density at radius 3 is 2.10 bits per heavy atom. The second kappa shape index (κ2) is 15.9. The van der Waals surface area contributed by atoms with E-state index in [0.29, 0.717) is 0 Å². The van der Waals surface area contributed by atoms with E-state index in [1.54, 1.807) is 0 Å². The molecule has 1 fully saturated rings. The molecule has 2 rings (SSSR count). The van der Waals surface area contributed by atoms with Crippen molar-refractivity contribution in [3.8, 4) is 0 Å². The molecule has 1 aromatic heterocycles. The molecule has 1 saturated heterocycles. The summed E-state index contributed by atoms with van der Waals surface area (Å²) in [4.78, 5) is 48.8. The summed E-state index contributed by atoms with van der Waals surface area (Å²) in [7, 11) is -2.07. The summed E-state index contributed by atoms with van der Waals surface area (Å²) in [5, 5.41) is 10.9. The molecule has 0 saturated carbocycles. The third-order valence-electron chi connectivity index (χ3n) is 5.20. The number of ether oxygens (including phenoxy) is 7. The molecule has 2 heterocycles. The summed E-state index contributed by atoms with van der Waals surface area (Å²) in [6.07, 6.45) is -3.40. The predicted molar refractivity (Wildman–Crippen MR) is 129 cm³/mol. The van der Waals surface area contributed by atoms with E-state index in [2.05, 4.69) is 18.9 Å². The summed E-state index contributed by atoms with van der Waals surface area (Å²) in [6, 6.07) is 0.989. The van der Waals surface area contributed by atoms with Crippen LogP contribution in [0.25, 0.3) is 0 Å². The first-order valence-electron chi connectivity index (χ1n) is 11.8. The van der Waals surface area contributed by atoms with Gasteiger partial charge in [-0.15, -0.1) is 0 Å². The lowest BCUT2D eigenvalue weighted by atomic mass is 9.92. The highest BCUT2D eigenvalue weighted by Gasteiger charge is 2.55. The molecule has 18 nitrogen and oxygen atoms in total. The van der Waals surface area contributed by atoms with Crippen LogP contribution in [0.2, 0.25) is 0 Å². The first kappa shape index (κ1) is 34.3. The largest absolute Gasteiger partial charge is 0.510 e. The number of phosphoric acid groups is 1. The number of aliphatic hydroxyl groups is 1. The smallest absolute Gasteiger partial charge is 0.432 e. The number of H-pyrrole nitrogens is 1. The van der Waals surface area contributed by atoms with Crippen molar-refractivity contribution in [2.45, 2.75) is 30.8 Å². The van der Waals surface area contributed by atoms with Gasteiger partial charge >= 0.3 is 25.8 Å². The maximum absolute atomic E-state index is 14.3. The molecular weight excluding hydrogens is 586 g/mol. The molecule has 234 valence electrons. The van der Waals surface area contributed by atoms with Crippen molar-refractivity contribution in [3.05, 3.63) is 33.1 Å². The molecule has 20 heteroatoms. The number of aromatic nitrogens is 2. The normalized spacial score (nSPS) is 22.3. The molecule has 0 radical (unpaired) electrons. The van der Waals surface area contributed by atoms with Gasteiger partial charge in [0.2, 0.25) is 13.6 Å². The highest BCUT2D eigenvalue weighted by molar-refractivity contribution is 7.48. The standard InChI is InChI=1S/C21H32FN2O16P/c1-20(29)10-21(11-22,40-16(20)24-5-4-15(25)23-17(24)26)12-37-41(30,38-13-35-18(27)33-8-6-31-2)39-14-36-19(28)34-9-7-32-3/h4-5,16,29H,6-14H2,1-3H3,(H,23,25,26). The van der Waals surface area contributed by atoms with Crippen LogP contribution in [-0.2, 0) is 51.3 Å². The zero-order valence-corrected chi connectivity index (χ0v) is 23.3. The van der Waals surface area contributed by atoms with Crippen LogP contribution < -0.4 is 11.2 Å². The van der Waals surface area contributed by atoms with E-state index in [1.165, 1.54) is 21.1 Å². The average molecular weight is 618 g/mol. The number of carbonyl (C=O) groups is 2. The van der Waals surface area contributed by atoms with Crippen molar-refractivity contribution in [1.29, 1.82) is 0 Å². The Balaban J connectivity index is 2.11. The Hall–Kier alpha value is -2.90. The van der Waals surface area contributed by atoms with Gasteiger partial charge in [-0.1, -0.05) is 0 Å². The second-order valence-electron chi connectivity index (χ2n) is 8.52. The summed E-state index contributed by atoms with van der Waals surface area (Å²) in [5.74, 6) is 0. The number of nitrogens with one attached hydrogen (secondary N) is 1.